The molecule has 0 aliphatic carbocycles. The van der Waals surface area contributed by atoms with Crippen LogP contribution in [0.25, 0.3) is 22.2 Å². The first-order valence-electron chi connectivity index (χ1n) is 6.52. The quantitative estimate of drug-likeness (QED) is 0.640. The molecule has 0 bridgehead atoms. The van der Waals surface area contributed by atoms with Crippen molar-refractivity contribution < 1.29 is 18.0 Å². The molecule has 0 unspecified atom stereocenters. The molecule has 1 heterocycles. The van der Waals surface area contributed by atoms with Crippen LogP contribution in [0.3, 0.4) is 0 Å². The Morgan fingerprint density at radius 1 is 0.955 bits per heavy atom. The van der Waals surface area contributed by atoms with Crippen LogP contribution >= 0.6 is 0 Å². The lowest BCUT2D eigenvalue weighted by Crippen LogP contribution is -2.07. The van der Waals surface area contributed by atoms with Crippen LogP contribution in [-0.2, 0) is 6.18 Å². The highest BCUT2D eigenvalue weighted by Gasteiger charge is 2.33. The van der Waals surface area contributed by atoms with Gasteiger partial charge in [-0.3, -0.25) is 4.79 Å². The third-order valence-electron chi connectivity index (χ3n) is 3.37. The zero-order chi connectivity index (χ0) is 15.7. The Bertz CT molecular complexity index is 842. The molecular formula is C17H10F3NO. The summed E-state index contributed by atoms with van der Waals surface area (Å²) in [4.78, 5) is 15.4. The maximum absolute atomic E-state index is 13.2. The minimum absolute atomic E-state index is 0.190. The third kappa shape index (κ3) is 2.45. The summed E-state index contributed by atoms with van der Waals surface area (Å²) in [5.74, 6) is 0. The number of alkyl halides is 3. The molecule has 2 nitrogen and oxygen atoms in total. The van der Waals surface area contributed by atoms with E-state index in [9.17, 15) is 18.0 Å². The van der Waals surface area contributed by atoms with Gasteiger partial charge in [0.05, 0.1) is 16.8 Å². The molecule has 0 atom stereocenters. The number of halogens is 3. The van der Waals surface area contributed by atoms with Crippen LogP contribution in [0.4, 0.5) is 13.2 Å². The summed E-state index contributed by atoms with van der Waals surface area (Å²) in [6, 6.07) is 14.0. The van der Waals surface area contributed by atoms with E-state index in [2.05, 4.69) is 4.98 Å². The average Bonchev–Trinajstić information content (AvgIpc) is 2.53. The Kier molecular flexibility index (Phi) is 3.41. The van der Waals surface area contributed by atoms with Crippen LogP contribution in [0, 0.1) is 0 Å². The van der Waals surface area contributed by atoms with Gasteiger partial charge in [-0.05, 0) is 12.1 Å². The molecule has 1 aromatic heterocycles. The number of carbonyl (C=O) groups excluding carboxylic acids is 1. The molecule has 110 valence electrons. The number of aromatic nitrogens is 1. The minimum atomic E-state index is -4.53. The van der Waals surface area contributed by atoms with Crippen molar-refractivity contribution in [3.63, 3.8) is 0 Å². The van der Waals surface area contributed by atoms with E-state index in [-0.39, 0.29) is 16.5 Å². The maximum Gasteiger partial charge on any atom is 0.418 e. The zero-order valence-electron chi connectivity index (χ0n) is 11.3. The second kappa shape index (κ2) is 5.26. The first-order chi connectivity index (χ1) is 10.5. The molecule has 0 spiro atoms. The third-order valence-corrected chi connectivity index (χ3v) is 3.37. The number of fused-ring (bicyclic) bond motifs is 1. The smallest absolute Gasteiger partial charge is 0.298 e. The van der Waals surface area contributed by atoms with Gasteiger partial charge in [-0.15, -0.1) is 0 Å². The minimum Gasteiger partial charge on any atom is -0.298 e. The number of hydrogen-bond donors (Lipinski definition) is 0. The van der Waals surface area contributed by atoms with Gasteiger partial charge in [0.2, 0.25) is 0 Å². The Hall–Kier alpha value is -2.69. The molecular weight excluding hydrogens is 291 g/mol. The summed E-state index contributed by atoms with van der Waals surface area (Å²) in [5.41, 5.74) is 0.135. The maximum atomic E-state index is 13.2. The number of para-hydroxylation sites is 1. The highest BCUT2D eigenvalue weighted by atomic mass is 19.4. The van der Waals surface area contributed by atoms with E-state index in [1.165, 1.54) is 18.2 Å². The van der Waals surface area contributed by atoms with Crippen molar-refractivity contribution in [1.29, 1.82) is 0 Å². The summed E-state index contributed by atoms with van der Waals surface area (Å²) in [5, 5.41) is 0.199. The molecule has 3 rings (SSSR count). The monoisotopic (exact) mass is 301 g/mol. The van der Waals surface area contributed by atoms with Crippen molar-refractivity contribution in [2.75, 3.05) is 0 Å². The fraction of sp³-hybridized carbons (Fsp3) is 0.0588. The van der Waals surface area contributed by atoms with Crippen LogP contribution in [0.15, 0.2) is 54.6 Å². The van der Waals surface area contributed by atoms with Crippen LogP contribution < -0.4 is 0 Å². The molecule has 0 saturated heterocycles. The Labute approximate surface area is 124 Å². The second-order valence-corrected chi connectivity index (χ2v) is 4.78. The first kappa shape index (κ1) is 14.3. The fourth-order valence-electron chi connectivity index (χ4n) is 2.36. The topological polar surface area (TPSA) is 30.0 Å². The molecule has 0 fully saturated rings. The molecule has 3 aromatic rings. The van der Waals surface area contributed by atoms with Crippen molar-refractivity contribution in [2.24, 2.45) is 0 Å². The number of aldehydes is 1. The van der Waals surface area contributed by atoms with Crippen molar-refractivity contribution >= 4 is 17.2 Å². The first-order valence-corrected chi connectivity index (χ1v) is 6.52. The van der Waals surface area contributed by atoms with Crippen molar-refractivity contribution in [2.45, 2.75) is 6.18 Å². The largest absolute Gasteiger partial charge is 0.418 e. The number of carbonyl (C=O) groups is 1. The summed E-state index contributed by atoms with van der Waals surface area (Å²) >= 11 is 0. The molecule has 0 amide bonds. The lowest BCUT2D eigenvalue weighted by molar-refractivity contribution is -0.136. The zero-order valence-corrected chi connectivity index (χ0v) is 11.3. The summed E-state index contributed by atoms with van der Waals surface area (Å²) < 4.78 is 39.5. The lowest BCUT2D eigenvalue weighted by Gasteiger charge is -2.12. The molecule has 0 radical (unpaired) electrons. The summed E-state index contributed by atoms with van der Waals surface area (Å²) in [6.07, 6.45) is -3.97. The summed E-state index contributed by atoms with van der Waals surface area (Å²) in [7, 11) is 0. The van der Waals surface area contributed by atoms with Crippen LogP contribution in [0.2, 0.25) is 0 Å². The highest BCUT2D eigenvalue weighted by molar-refractivity contribution is 5.99. The van der Waals surface area contributed by atoms with E-state index in [0.717, 1.165) is 6.07 Å². The van der Waals surface area contributed by atoms with E-state index in [4.69, 9.17) is 0 Å². The second-order valence-electron chi connectivity index (χ2n) is 4.78. The summed E-state index contributed by atoms with van der Waals surface area (Å²) in [6.45, 7) is 0. The standard InChI is InChI=1S/C17H10F3NO/c18-17(19,20)14-8-4-7-13-12(10-22)9-15(21-16(13)14)11-5-2-1-3-6-11/h1-10H. The highest BCUT2D eigenvalue weighted by Crippen LogP contribution is 2.35. The van der Waals surface area contributed by atoms with Crippen LogP contribution in [0.5, 0.6) is 0 Å². The number of nitrogens with zero attached hydrogens (tertiary/aromatic N) is 1. The Morgan fingerprint density at radius 3 is 2.32 bits per heavy atom. The van der Waals surface area contributed by atoms with Crippen LogP contribution in [-0.4, -0.2) is 11.3 Å². The molecule has 2 aromatic carbocycles. The van der Waals surface area contributed by atoms with E-state index in [1.54, 1.807) is 30.3 Å². The molecule has 0 aliphatic rings. The van der Waals surface area contributed by atoms with Gasteiger partial charge in [-0.1, -0.05) is 42.5 Å². The van der Waals surface area contributed by atoms with E-state index >= 15 is 0 Å². The van der Waals surface area contributed by atoms with Crippen molar-refractivity contribution in [1.82, 2.24) is 4.98 Å². The van der Waals surface area contributed by atoms with Gasteiger partial charge in [-0.2, -0.15) is 13.2 Å². The number of hydrogen-bond acceptors (Lipinski definition) is 2. The molecule has 0 aliphatic heterocycles. The number of benzene rings is 2. The normalized spacial score (nSPS) is 11.6. The Balaban J connectivity index is 2.37. The van der Waals surface area contributed by atoms with E-state index in [1.807, 2.05) is 0 Å². The predicted octanol–water partition coefficient (Wildman–Crippen LogP) is 4.73. The molecule has 22 heavy (non-hydrogen) atoms. The van der Waals surface area contributed by atoms with Crippen molar-refractivity contribution in [3.8, 4) is 11.3 Å². The van der Waals surface area contributed by atoms with Gasteiger partial charge in [-0.25, -0.2) is 4.98 Å². The van der Waals surface area contributed by atoms with E-state index in [0.29, 0.717) is 17.5 Å². The van der Waals surface area contributed by atoms with Gasteiger partial charge < -0.3 is 0 Å². The average molecular weight is 301 g/mol. The number of rotatable bonds is 2. The molecule has 0 N–H and O–H groups in total. The SMILES string of the molecule is O=Cc1cc(-c2ccccc2)nc2c(C(F)(F)F)cccc12. The lowest BCUT2D eigenvalue weighted by atomic mass is 10.0. The van der Waals surface area contributed by atoms with E-state index < -0.39 is 11.7 Å². The fourth-order valence-corrected chi connectivity index (χ4v) is 2.36. The van der Waals surface area contributed by atoms with Gasteiger partial charge >= 0.3 is 6.18 Å². The van der Waals surface area contributed by atoms with Gasteiger partial charge in [0.25, 0.3) is 0 Å². The van der Waals surface area contributed by atoms with Gasteiger partial charge in [0.1, 0.15) is 0 Å². The van der Waals surface area contributed by atoms with Gasteiger partial charge in [0.15, 0.2) is 6.29 Å². The van der Waals surface area contributed by atoms with Crippen LogP contribution in [0.1, 0.15) is 15.9 Å². The predicted molar refractivity (Wildman–Crippen MR) is 77.6 cm³/mol. The van der Waals surface area contributed by atoms with Gasteiger partial charge in [0, 0.05) is 16.5 Å². The van der Waals surface area contributed by atoms with Crippen molar-refractivity contribution in [3.05, 3.63) is 65.7 Å². The Morgan fingerprint density at radius 2 is 1.68 bits per heavy atom. The molecule has 5 heteroatoms. The molecule has 0 saturated carbocycles. The number of pyridine rings is 1.